The molecule has 0 radical (unpaired) electrons. The largest absolute Gasteiger partial charge is 0.355 e. The third kappa shape index (κ3) is 6.07. The zero-order valence-corrected chi connectivity index (χ0v) is 20.4. The molecule has 0 unspecified atom stereocenters. The van der Waals surface area contributed by atoms with E-state index >= 15 is 0 Å². The lowest BCUT2D eigenvalue weighted by atomic mass is 10.1. The van der Waals surface area contributed by atoms with Gasteiger partial charge in [-0.15, -0.1) is 11.3 Å². The third-order valence-electron chi connectivity index (χ3n) is 5.85. The van der Waals surface area contributed by atoms with Crippen molar-refractivity contribution >= 4 is 27.3 Å². The standard InChI is InChI=1S/C25H29N3O3S2/c1-19-27-24(18-32-19)22-9-5-20(6-10-22)13-14-26-25(29)17-21-7-11-23(12-8-21)33(30,31)28-15-3-2-4-16-28/h5-12,18H,2-4,13-17H2,1H3,(H,26,29). The summed E-state index contributed by atoms with van der Waals surface area (Å²) in [6, 6.07) is 14.9. The van der Waals surface area contributed by atoms with Crippen molar-refractivity contribution in [3.63, 3.8) is 0 Å². The van der Waals surface area contributed by atoms with Gasteiger partial charge in [0.15, 0.2) is 0 Å². The number of carbonyl (C=O) groups excluding carboxylic acids is 1. The van der Waals surface area contributed by atoms with Gasteiger partial charge in [0.25, 0.3) is 0 Å². The quantitative estimate of drug-likeness (QED) is 0.521. The summed E-state index contributed by atoms with van der Waals surface area (Å²) >= 11 is 1.64. The van der Waals surface area contributed by atoms with E-state index in [9.17, 15) is 13.2 Å². The fourth-order valence-corrected chi connectivity index (χ4v) is 6.11. The normalized spacial score (nSPS) is 14.8. The number of nitrogens with zero attached hydrogens (tertiary/aromatic N) is 2. The molecule has 0 bridgehead atoms. The summed E-state index contributed by atoms with van der Waals surface area (Å²) in [5.74, 6) is -0.0730. The first-order valence-corrected chi connectivity index (χ1v) is 13.6. The molecule has 0 aliphatic carbocycles. The molecule has 1 amide bonds. The predicted octanol–water partition coefficient (Wildman–Crippen LogP) is 4.19. The highest BCUT2D eigenvalue weighted by atomic mass is 32.2. The van der Waals surface area contributed by atoms with Gasteiger partial charge in [-0.25, -0.2) is 13.4 Å². The Balaban J connectivity index is 1.25. The summed E-state index contributed by atoms with van der Waals surface area (Å²) in [4.78, 5) is 17.1. The Labute approximate surface area is 199 Å². The molecule has 1 saturated heterocycles. The van der Waals surface area contributed by atoms with E-state index in [-0.39, 0.29) is 12.3 Å². The van der Waals surface area contributed by atoms with Crippen molar-refractivity contribution in [1.82, 2.24) is 14.6 Å². The molecule has 6 nitrogen and oxygen atoms in total. The van der Waals surface area contributed by atoms with Gasteiger partial charge in [-0.05, 0) is 49.4 Å². The first-order chi connectivity index (χ1) is 15.9. The van der Waals surface area contributed by atoms with Crippen LogP contribution in [0.3, 0.4) is 0 Å². The van der Waals surface area contributed by atoms with Crippen LogP contribution in [0.4, 0.5) is 0 Å². The Kier molecular flexibility index (Phi) is 7.57. The fraction of sp³-hybridized carbons (Fsp3) is 0.360. The highest BCUT2D eigenvalue weighted by Gasteiger charge is 2.25. The molecule has 1 aliphatic heterocycles. The lowest BCUT2D eigenvalue weighted by Gasteiger charge is -2.25. The van der Waals surface area contributed by atoms with Gasteiger partial charge in [0.05, 0.1) is 22.0 Å². The number of benzene rings is 2. The summed E-state index contributed by atoms with van der Waals surface area (Å²) in [6.45, 7) is 3.71. The van der Waals surface area contributed by atoms with E-state index in [1.807, 2.05) is 6.92 Å². The Morgan fingerprint density at radius 1 is 1.00 bits per heavy atom. The minimum absolute atomic E-state index is 0.0730. The first kappa shape index (κ1) is 23.6. The molecule has 3 aromatic rings. The SMILES string of the molecule is Cc1nc(-c2ccc(CCNC(=O)Cc3ccc(S(=O)(=O)N4CCCCC4)cc3)cc2)cs1. The maximum absolute atomic E-state index is 12.7. The number of carbonyl (C=O) groups is 1. The van der Waals surface area contributed by atoms with E-state index in [0.717, 1.165) is 53.1 Å². The van der Waals surface area contributed by atoms with Crippen LogP contribution in [0, 0.1) is 6.92 Å². The van der Waals surface area contributed by atoms with Gasteiger partial charge in [-0.2, -0.15) is 4.31 Å². The number of amides is 1. The summed E-state index contributed by atoms with van der Waals surface area (Å²) < 4.78 is 27.0. The van der Waals surface area contributed by atoms with Crippen LogP contribution in [-0.4, -0.2) is 43.2 Å². The summed E-state index contributed by atoms with van der Waals surface area (Å²) in [6.07, 6.45) is 3.87. The Bertz CT molecular complexity index is 1180. The molecule has 0 spiro atoms. The van der Waals surface area contributed by atoms with Crippen LogP contribution in [0.1, 0.15) is 35.4 Å². The Morgan fingerprint density at radius 3 is 2.30 bits per heavy atom. The second kappa shape index (κ2) is 10.6. The molecule has 2 aromatic carbocycles. The molecular formula is C25H29N3O3S2. The molecule has 174 valence electrons. The molecule has 2 heterocycles. The molecule has 0 atom stereocenters. The molecule has 1 N–H and O–H groups in total. The van der Waals surface area contributed by atoms with Gasteiger partial charge in [-0.1, -0.05) is 42.8 Å². The number of piperidine rings is 1. The van der Waals surface area contributed by atoms with E-state index in [1.54, 1.807) is 39.9 Å². The number of rotatable bonds is 8. The van der Waals surface area contributed by atoms with Crippen molar-refractivity contribution in [1.29, 1.82) is 0 Å². The van der Waals surface area contributed by atoms with Crippen LogP contribution >= 0.6 is 11.3 Å². The molecule has 0 saturated carbocycles. The molecule has 1 aliphatic rings. The van der Waals surface area contributed by atoms with Crippen LogP contribution < -0.4 is 5.32 Å². The van der Waals surface area contributed by atoms with Crippen molar-refractivity contribution in [3.05, 3.63) is 70.0 Å². The molecule has 1 aromatic heterocycles. The number of thiazole rings is 1. The maximum atomic E-state index is 12.7. The zero-order chi connectivity index (χ0) is 23.3. The van der Waals surface area contributed by atoms with E-state index in [2.05, 4.69) is 39.9 Å². The molecule has 4 rings (SSSR count). The van der Waals surface area contributed by atoms with Gasteiger partial charge in [-0.3, -0.25) is 4.79 Å². The lowest BCUT2D eigenvalue weighted by Crippen LogP contribution is -2.35. The smallest absolute Gasteiger partial charge is 0.243 e. The van der Waals surface area contributed by atoms with Crippen molar-refractivity contribution in [3.8, 4) is 11.3 Å². The Morgan fingerprint density at radius 2 is 1.67 bits per heavy atom. The van der Waals surface area contributed by atoms with Crippen LogP contribution in [-0.2, 0) is 27.7 Å². The number of aromatic nitrogens is 1. The van der Waals surface area contributed by atoms with Gasteiger partial charge < -0.3 is 5.32 Å². The summed E-state index contributed by atoms with van der Waals surface area (Å²) in [5.41, 5.74) is 4.04. The fourth-order valence-electron chi connectivity index (χ4n) is 3.97. The monoisotopic (exact) mass is 483 g/mol. The van der Waals surface area contributed by atoms with E-state index in [4.69, 9.17) is 0 Å². The first-order valence-electron chi connectivity index (χ1n) is 11.3. The van der Waals surface area contributed by atoms with Crippen LogP contribution in [0.15, 0.2) is 58.8 Å². The van der Waals surface area contributed by atoms with Gasteiger partial charge in [0.1, 0.15) is 0 Å². The second-order valence-electron chi connectivity index (χ2n) is 8.33. The van der Waals surface area contributed by atoms with Crippen LogP contribution in [0.2, 0.25) is 0 Å². The van der Waals surface area contributed by atoms with Gasteiger partial charge in [0, 0.05) is 30.6 Å². The van der Waals surface area contributed by atoms with Gasteiger partial charge in [0.2, 0.25) is 15.9 Å². The number of hydrogen-bond donors (Lipinski definition) is 1. The van der Waals surface area contributed by atoms with E-state index < -0.39 is 10.0 Å². The average Bonchev–Trinajstić information content (AvgIpc) is 3.27. The number of sulfonamides is 1. The van der Waals surface area contributed by atoms with Crippen molar-refractivity contribution in [2.24, 2.45) is 0 Å². The summed E-state index contributed by atoms with van der Waals surface area (Å²) in [7, 11) is -3.44. The number of nitrogens with one attached hydrogen (secondary N) is 1. The van der Waals surface area contributed by atoms with Crippen molar-refractivity contribution < 1.29 is 13.2 Å². The molecule has 1 fully saturated rings. The third-order valence-corrected chi connectivity index (χ3v) is 8.53. The summed E-state index contributed by atoms with van der Waals surface area (Å²) in [5, 5.41) is 6.06. The van der Waals surface area contributed by atoms with E-state index in [0.29, 0.717) is 24.5 Å². The maximum Gasteiger partial charge on any atom is 0.243 e. The molecule has 33 heavy (non-hydrogen) atoms. The predicted molar refractivity (Wildman–Crippen MR) is 132 cm³/mol. The van der Waals surface area contributed by atoms with Crippen LogP contribution in [0.25, 0.3) is 11.3 Å². The number of aryl methyl sites for hydroxylation is 1. The van der Waals surface area contributed by atoms with E-state index in [1.165, 1.54) is 0 Å². The van der Waals surface area contributed by atoms with Crippen molar-refractivity contribution in [2.75, 3.05) is 19.6 Å². The molecular weight excluding hydrogens is 454 g/mol. The minimum Gasteiger partial charge on any atom is -0.355 e. The minimum atomic E-state index is -3.44. The highest BCUT2D eigenvalue weighted by molar-refractivity contribution is 7.89. The Hall–Kier alpha value is -2.55. The lowest BCUT2D eigenvalue weighted by molar-refractivity contribution is -0.120. The number of hydrogen-bond acceptors (Lipinski definition) is 5. The zero-order valence-electron chi connectivity index (χ0n) is 18.8. The topological polar surface area (TPSA) is 79.4 Å². The highest BCUT2D eigenvalue weighted by Crippen LogP contribution is 2.22. The van der Waals surface area contributed by atoms with Crippen LogP contribution in [0.5, 0.6) is 0 Å². The molecule has 8 heteroatoms. The van der Waals surface area contributed by atoms with Gasteiger partial charge >= 0.3 is 0 Å². The van der Waals surface area contributed by atoms with Crippen molar-refractivity contribution in [2.45, 2.75) is 43.9 Å². The second-order valence-corrected chi connectivity index (χ2v) is 11.3. The average molecular weight is 484 g/mol.